The van der Waals surface area contributed by atoms with Gasteiger partial charge >= 0.3 is 0 Å². The first-order valence-electron chi connectivity index (χ1n) is 10.3. The minimum absolute atomic E-state index is 0.156. The molecule has 0 bridgehead atoms. The normalized spacial score (nSPS) is 11.7. The summed E-state index contributed by atoms with van der Waals surface area (Å²) in [5, 5.41) is 2.95. The van der Waals surface area contributed by atoms with Gasteiger partial charge in [0.15, 0.2) is 0 Å². The van der Waals surface area contributed by atoms with E-state index in [1.807, 2.05) is 13.8 Å². The number of carbonyl (C=O) groups is 1. The first-order valence-corrected chi connectivity index (χ1v) is 10.3. The minimum atomic E-state index is -0.272. The van der Waals surface area contributed by atoms with Crippen LogP contribution < -0.4 is 5.32 Å². The van der Waals surface area contributed by atoms with E-state index in [1.54, 1.807) is 7.11 Å². The minimum Gasteiger partial charge on any atom is -0.377 e. The molecule has 0 saturated carbocycles. The fourth-order valence-corrected chi connectivity index (χ4v) is 2.78. The number of amides is 1. The molecule has 0 rings (SSSR count). The van der Waals surface area contributed by atoms with Crippen LogP contribution in [0.4, 0.5) is 0 Å². The summed E-state index contributed by atoms with van der Waals surface area (Å²) < 4.78 is 5.30. The van der Waals surface area contributed by atoms with Gasteiger partial charge in [-0.05, 0) is 20.3 Å². The van der Waals surface area contributed by atoms with Crippen LogP contribution in [0, 0.1) is 0 Å². The van der Waals surface area contributed by atoms with Crippen molar-refractivity contribution in [1.29, 1.82) is 0 Å². The molecule has 1 N–H and O–H groups in total. The van der Waals surface area contributed by atoms with E-state index in [0.29, 0.717) is 13.0 Å². The van der Waals surface area contributed by atoms with Crippen LogP contribution in [-0.2, 0) is 9.53 Å². The van der Waals surface area contributed by atoms with Gasteiger partial charge in [0.25, 0.3) is 0 Å². The summed E-state index contributed by atoms with van der Waals surface area (Å²) in [6.07, 6.45) is 18.0. The van der Waals surface area contributed by atoms with Crippen LogP contribution in [0.5, 0.6) is 0 Å². The third kappa shape index (κ3) is 16.3. The molecule has 3 heteroatoms. The van der Waals surface area contributed by atoms with Crippen molar-refractivity contribution in [1.82, 2.24) is 5.32 Å². The fourth-order valence-electron chi connectivity index (χ4n) is 2.78. The fraction of sp³-hybridized carbons (Fsp3) is 0.952. The first kappa shape index (κ1) is 23.4. The maximum Gasteiger partial charge on any atom is 0.220 e. The van der Waals surface area contributed by atoms with Crippen molar-refractivity contribution in [2.24, 2.45) is 0 Å². The number of methoxy groups -OCH3 is 1. The quantitative estimate of drug-likeness (QED) is 0.329. The number of hydrogen-bond donors (Lipinski definition) is 1. The van der Waals surface area contributed by atoms with E-state index in [4.69, 9.17) is 4.74 Å². The number of hydrogen-bond acceptors (Lipinski definition) is 2. The summed E-state index contributed by atoms with van der Waals surface area (Å²) in [7, 11) is 1.68. The molecule has 0 aliphatic heterocycles. The zero-order chi connectivity index (χ0) is 18.1. The Morgan fingerprint density at radius 3 is 1.62 bits per heavy atom. The van der Waals surface area contributed by atoms with Crippen molar-refractivity contribution in [2.75, 3.05) is 13.7 Å². The molecule has 0 fully saturated rings. The number of rotatable bonds is 17. The second-order valence-electron chi connectivity index (χ2n) is 7.73. The average molecular weight is 342 g/mol. The van der Waals surface area contributed by atoms with Gasteiger partial charge in [-0.3, -0.25) is 4.79 Å². The predicted octanol–water partition coefficient (Wildman–Crippen LogP) is 6.01. The zero-order valence-corrected chi connectivity index (χ0v) is 16.9. The van der Waals surface area contributed by atoms with Crippen LogP contribution in [0.2, 0.25) is 0 Å². The van der Waals surface area contributed by atoms with Crippen molar-refractivity contribution >= 4 is 5.91 Å². The maximum atomic E-state index is 11.7. The van der Waals surface area contributed by atoms with Crippen molar-refractivity contribution in [3.63, 3.8) is 0 Å². The summed E-state index contributed by atoms with van der Waals surface area (Å²) >= 11 is 0. The highest BCUT2D eigenvalue weighted by Gasteiger charge is 2.16. The van der Waals surface area contributed by atoms with E-state index in [2.05, 4.69) is 12.2 Å². The van der Waals surface area contributed by atoms with Gasteiger partial charge in [-0.2, -0.15) is 0 Å². The molecular formula is C21H43NO2. The van der Waals surface area contributed by atoms with Crippen molar-refractivity contribution < 1.29 is 9.53 Å². The summed E-state index contributed by atoms with van der Waals surface area (Å²) in [5.41, 5.74) is -0.272. The Morgan fingerprint density at radius 1 is 0.792 bits per heavy atom. The number of ether oxygens (including phenoxy) is 1. The van der Waals surface area contributed by atoms with Crippen molar-refractivity contribution in [2.45, 2.75) is 116 Å². The Balaban J connectivity index is 3.23. The van der Waals surface area contributed by atoms with E-state index < -0.39 is 0 Å². The van der Waals surface area contributed by atoms with Crippen molar-refractivity contribution in [3.05, 3.63) is 0 Å². The lowest BCUT2D eigenvalue weighted by molar-refractivity contribution is -0.122. The molecule has 0 atom stereocenters. The van der Waals surface area contributed by atoms with E-state index in [0.717, 1.165) is 6.42 Å². The maximum absolute atomic E-state index is 11.7. The standard InChI is InChI=1S/C21H43NO2/c1-5-6-7-8-9-10-11-12-13-14-15-16-17-18-20(23)22-19-21(2,3)24-4/h5-19H2,1-4H3,(H,22,23). The van der Waals surface area contributed by atoms with Gasteiger partial charge in [-0.15, -0.1) is 0 Å². The lowest BCUT2D eigenvalue weighted by Gasteiger charge is -2.23. The van der Waals surface area contributed by atoms with Gasteiger partial charge < -0.3 is 10.1 Å². The van der Waals surface area contributed by atoms with Gasteiger partial charge in [0.1, 0.15) is 0 Å². The zero-order valence-electron chi connectivity index (χ0n) is 16.9. The van der Waals surface area contributed by atoms with Crippen LogP contribution >= 0.6 is 0 Å². The van der Waals surface area contributed by atoms with Crippen molar-refractivity contribution in [3.8, 4) is 0 Å². The summed E-state index contributed by atoms with van der Waals surface area (Å²) in [6, 6.07) is 0. The lowest BCUT2D eigenvalue weighted by atomic mass is 10.0. The second-order valence-corrected chi connectivity index (χ2v) is 7.73. The van der Waals surface area contributed by atoms with Crippen LogP contribution in [0.25, 0.3) is 0 Å². The third-order valence-electron chi connectivity index (χ3n) is 4.77. The molecule has 0 saturated heterocycles. The third-order valence-corrected chi connectivity index (χ3v) is 4.77. The number of unbranched alkanes of at least 4 members (excludes halogenated alkanes) is 12. The summed E-state index contributed by atoms with van der Waals surface area (Å²) in [6.45, 7) is 6.83. The second kappa shape index (κ2) is 15.9. The highest BCUT2D eigenvalue weighted by molar-refractivity contribution is 5.75. The molecule has 3 nitrogen and oxygen atoms in total. The SMILES string of the molecule is CCCCCCCCCCCCCCCC(=O)NCC(C)(C)OC. The Kier molecular flexibility index (Phi) is 15.6. The molecule has 144 valence electrons. The average Bonchev–Trinajstić information content (AvgIpc) is 2.57. The molecular weight excluding hydrogens is 298 g/mol. The molecule has 0 spiro atoms. The molecule has 0 aliphatic rings. The summed E-state index contributed by atoms with van der Waals surface area (Å²) in [5.74, 6) is 0.156. The molecule has 0 aromatic heterocycles. The molecule has 0 aliphatic carbocycles. The van der Waals surface area contributed by atoms with Gasteiger partial charge in [-0.1, -0.05) is 84.0 Å². The largest absolute Gasteiger partial charge is 0.377 e. The number of carbonyl (C=O) groups excluding carboxylic acids is 1. The highest BCUT2D eigenvalue weighted by atomic mass is 16.5. The molecule has 0 aromatic carbocycles. The Hall–Kier alpha value is -0.570. The Morgan fingerprint density at radius 2 is 1.21 bits per heavy atom. The van der Waals surface area contributed by atoms with Gasteiger partial charge in [-0.25, -0.2) is 0 Å². The lowest BCUT2D eigenvalue weighted by Crippen LogP contribution is -2.39. The van der Waals surface area contributed by atoms with E-state index >= 15 is 0 Å². The van der Waals surface area contributed by atoms with Crippen LogP contribution in [-0.4, -0.2) is 25.2 Å². The van der Waals surface area contributed by atoms with Crippen LogP contribution in [0.3, 0.4) is 0 Å². The molecule has 1 amide bonds. The Bertz CT molecular complexity index is 290. The van der Waals surface area contributed by atoms with E-state index in [-0.39, 0.29) is 11.5 Å². The Labute approximate surface area is 151 Å². The molecule has 0 aromatic rings. The molecule has 0 radical (unpaired) electrons. The van der Waals surface area contributed by atoms with E-state index in [9.17, 15) is 4.79 Å². The summed E-state index contributed by atoms with van der Waals surface area (Å²) in [4.78, 5) is 11.7. The number of nitrogens with one attached hydrogen (secondary N) is 1. The molecule has 24 heavy (non-hydrogen) atoms. The topological polar surface area (TPSA) is 38.3 Å². The predicted molar refractivity (Wildman–Crippen MR) is 104 cm³/mol. The molecule has 0 heterocycles. The van der Waals surface area contributed by atoms with Gasteiger partial charge in [0, 0.05) is 20.1 Å². The van der Waals surface area contributed by atoms with Crippen LogP contribution in [0.1, 0.15) is 111 Å². The smallest absolute Gasteiger partial charge is 0.220 e. The first-order chi connectivity index (χ1) is 11.5. The van der Waals surface area contributed by atoms with Gasteiger partial charge in [0.05, 0.1) is 5.60 Å². The highest BCUT2D eigenvalue weighted by Crippen LogP contribution is 2.13. The van der Waals surface area contributed by atoms with E-state index in [1.165, 1.54) is 77.0 Å². The molecule has 0 unspecified atom stereocenters. The van der Waals surface area contributed by atoms with Crippen LogP contribution in [0.15, 0.2) is 0 Å². The van der Waals surface area contributed by atoms with Gasteiger partial charge in [0.2, 0.25) is 5.91 Å². The monoisotopic (exact) mass is 341 g/mol.